The maximum atomic E-state index is 12.7. The molecule has 1 amide bonds. The van der Waals surface area contributed by atoms with E-state index in [4.69, 9.17) is 14.7 Å². The van der Waals surface area contributed by atoms with E-state index in [1.54, 1.807) is 7.11 Å². The molecule has 2 aromatic rings. The van der Waals surface area contributed by atoms with Crippen molar-refractivity contribution in [2.75, 3.05) is 38.2 Å². The fraction of sp³-hybridized carbons (Fsp3) is 0.560. The molecule has 0 N–H and O–H groups in total. The second kappa shape index (κ2) is 9.35. The third-order valence-corrected chi connectivity index (χ3v) is 6.68. The molecule has 1 aromatic carbocycles. The molecule has 0 unspecified atom stereocenters. The number of anilines is 1. The van der Waals surface area contributed by atoms with E-state index in [2.05, 4.69) is 41.8 Å². The fourth-order valence-electron chi connectivity index (χ4n) is 4.57. The van der Waals surface area contributed by atoms with Gasteiger partial charge in [-0.15, -0.1) is 0 Å². The Morgan fingerprint density at radius 2 is 1.84 bits per heavy atom. The minimum Gasteiger partial charge on any atom is -0.378 e. The van der Waals surface area contributed by atoms with E-state index in [-0.39, 0.29) is 5.92 Å². The quantitative estimate of drug-likeness (QED) is 0.712. The molecule has 1 aromatic heterocycles. The van der Waals surface area contributed by atoms with Crippen LogP contribution < -0.4 is 4.90 Å². The Morgan fingerprint density at radius 1 is 1.10 bits per heavy atom. The zero-order chi connectivity index (χ0) is 22.0. The van der Waals surface area contributed by atoms with Crippen LogP contribution in [-0.4, -0.2) is 54.1 Å². The molecule has 4 rings (SSSR count). The summed E-state index contributed by atoms with van der Waals surface area (Å²) < 4.78 is 5.49. The Hall–Kier alpha value is -2.47. The van der Waals surface area contributed by atoms with Gasteiger partial charge < -0.3 is 14.5 Å². The van der Waals surface area contributed by atoms with Crippen molar-refractivity contribution in [1.29, 1.82) is 0 Å². The largest absolute Gasteiger partial charge is 0.378 e. The molecule has 1 saturated heterocycles. The number of piperazine rings is 1. The molecule has 1 aliphatic heterocycles. The molecule has 6 nitrogen and oxygen atoms in total. The third-order valence-electron chi connectivity index (χ3n) is 6.68. The topological polar surface area (TPSA) is 58.6 Å². The van der Waals surface area contributed by atoms with Gasteiger partial charge in [0, 0.05) is 51.2 Å². The van der Waals surface area contributed by atoms with Crippen LogP contribution in [0.3, 0.4) is 0 Å². The molecule has 0 radical (unpaired) electrons. The fourth-order valence-corrected chi connectivity index (χ4v) is 4.57. The summed E-state index contributed by atoms with van der Waals surface area (Å²) in [4.78, 5) is 26.6. The summed E-state index contributed by atoms with van der Waals surface area (Å²) in [6, 6.07) is 6.59. The van der Waals surface area contributed by atoms with E-state index in [9.17, 15) is 4.79 Å². The van der Waals surface area contributed by atoms with Gasteiger partial charge in [-0.1, -0.05) is 30.2 Å². The number of aromatic nitrogens is 2. The van der Waals surface area contributed by atoms with Crippen LogP contribution in [0.15, 0.2) is 18.2 Å². The van der Waals surface area contributed by atoms with Gasteiger partial charge in [0.25, 0.3) is 0 Å². The van der Waals surface area contributed by atoms with E-state index in [0.29, 0.717) is 12.5 Å². The molecule has 0 bridgehead atoms. The van der Waals surface area contributed by atoms with Crippen LogP contribution in [0.2, 0.25) is 0 Å². The number of amides is 1. The van der Waals surface area contributed by atoms with E-state index in [1.807, 2.05) is 6.92 Å². The van der Waals surface area contributed by atoms with Gasteiger partial charge in [0.1, 0.15) is 11.6 Å². The SMILES string of the molecule is COCc1nc(C)nc(N2CCN(C(=O)C3CCC3)CC2)c1Cc1cc(C)ccc1C. The molecule has 2 aliphatic rings. The lowest BCUT2D eigenvalue weighted by Crippen LogP contribution is -2.51. The second-order valence-corrected chi connectivity index (χ2v) is 9.00. The highest BCUT2D eigenvalue weighted by Crippen LogP contribution is 2.30. The van der Waals surface area contributed by atoms with E-state index in [1.165, 1.54) is 23.1 Å². The zero-order valence-electron chi connectivity index (χ0n) is 19.3. The molecular weight excluding hydrogens is 388 g/mol. The maximum absolute atomic E-state index is 12.7. The number of nitrogens with zero attached hydrogens (tertiary/aromatic N) is 4. The predicted octanol–water partition coefficient (Wildman–Crippen LogP) is 3.59. The molecular formula is C25H34N4O2. The molecule has 6 heteroatoms. The first-order valence-corrected chi connectivity index (χ1v) is 11.4. The number of hydrogen-bond acceptors (Lipinski definition) is 5. The summed E-state index contributed by atoms with van der Waals surface area (Å²) in [5.74, 6) is 2.37. The van der Waals surface area contributed by atoms with Gasteiger partial charge in [0.2, 0.25) is 5.91 Å². The Bertz CT molecular complexity index is 947. The number of aryl methyl sites for hydroxylation is 3. The lowest BCUT2D eigenvalue weighted by atomic mass is 9.84. The van der Waals surface area contributed by atoms with Crippen LogP contribution in [0.25, 0.3) is 0 Å². The number of rotatable bonds is 6. The van der Waals surface area contributed by atoms with Crippen LogP contribution in [0.1, 0.15) is 53.0 Å². The highest BCUT2D eigenvalue weighted by atomic mass is 16.5. The standard InChI is InChI=1S/C25H34N4O2/c1-17-8-9-18(2)21(14-17)15-22-23(16-31-4)26-19(3)27-24(22)28-10-12-29(13-11-28)25(30)20-6-5-7-20/h8-9,14,20H,5-7,10-13,15-16H2,1-4H3. The number of carbonyl (C=O) groups excluding carboxylic acids is 1. The van der Waals surface area contributed by atoms with E-state index < -0.39 is 0 Å². The summed E-state index contributed by atoms with van der Waals surface area (Å²) in [5.41, 5.74) is 5.92. The van der Waals surface area contributed by atoms with Crippen LogP contribution in [0, 0.1) is 26.7 Å². The number of benzene rings is 1. The van der Waals surface area contributed by atoms with Gasteiger partial charge in [-0.3, -0.25) is 4.79 Å². The lowest BCUT2D eigenvalue weighted by Gasteiger charge is -2.39. The normalized spacial score (nSPS) is 17.0. The average molecular weight is 423 g/mol. The molecule has 0 spiro atoms. The first kappa shape index (κ1) is 21.8. The predicted molar refractivity (Wildman–Crippen MR) is 122 cm³/mol. The van der Waals surface area contributed by atoms with Crippen LogP contribution in [0.5, 0.6) is 0 Å². The Labute approximate surface area is 185 Å². The van der Waals surface area contributed by atoms with E-state index in [0.717, 1.165) is 68.3 Å². The maximum Gasteiger partial charge on any atom is 0.225 e. The summed E-state index contributed by atoms with van der Waals surface area (Å²) in [6.45, 7) is 9.84. The molecule has 0 atom stereocenters. The first-order valence-electron chi connectivity index (χ1n) is 11.4. The monoisotopic (exact) mass is 422 g/mol. The molecule has 31 heavy (non-hydrogen) atoms. The summed E-state index contributed by atoms with van der Waals surface area (Å²) in [6.07, 6.45) is 4.10. The molecule has 2 heterocycles. The molecule has 166 valence electrons. The summed E-state index contributed by atoms with van der Waals surface area (Å²) in [5, 5.41) is 0. The Balaban J connectivity index is 1.60. The van der Waals surface area contributed by atoms with Crippen molar-refractivity contribution >= 4 is 11.7 Å². The van der Waals surface area contributed by atoms with Crippen molar-refractivity contribution in [2.45, 2.75) is 53.1 Å². The van der Waals surface area contributed by atoms with Crippen LogP contribution >= 0.6 is 0 Å². The van der Waals surface area contributed by atoms with Crippen LogP contribution in [-0.2, 0) is 22.6 Å². The van der Waals surface area contributed by atoms with Crippen molar-refractivity contribution in [3.8, 4) is 0 Å². The van der Waals surface area contributed by atoms with Gasteiger partial charge >= 0.3 is 0 Å². The minimum atomic E-state index is 0.265. The smallest absolute Gasteiger partial charge is 0.225 e. The van der Waals surface area contributed by atoms with Crippen LogP contribution in [0.4, 0.5) is 5.82 Å². The number of methoxy groups -OCH3 is 1. The minimum absolute atomic E-state index is 0.265. The summed E-state index contributed by atoms with van der Waals surface area (Å²) in [7, 11) is 1.71. The van der Waals surface area contributed by atoms with Gasteiger partial charge in [-0.05, 0) is 44.7 Å². The van der Waals surface area contributed by atoms with Crippen molar-refractivity contribution in [3.05, 3.63) is 52.0 Å². The highest BCUT2D eigenvalue weighted by Gasteiger charge is 2.32. The lowest BCUT2D eigenvalue weighted by molar-refractivity contribution is -0.138. The zero-order valence-corrected chi connectivity index (χ0v) is 19.3. The number of ether oxygens (including phenoxy) is 1. The second-order valence-electron chi connectivity index (χ2n) is 9.00. The highest BCUT2D eigenvalue weighted by molar-refractivity contribution is 5.80. The Morgan fingerprint density at radius 3 is 2.48 bits per heavy atom. The van der Waals surface area contributed by atoms with Crippen molar-refractivity contribution in [1.82, 2.24) is 14.9 Å². The Kier molecular flexibility index (Phi) is 6.56. The third kappa shape index (κ3) is 4.74. The number of hydrogen-bond donors (Lipinski definition) is 0. The van der Waals surface area contributed by atoms with Gasteiger partial charge in [-0.2, -0.15) is 0 Å². The van der Waals surface area contributed by atoms with Crippen molar-refractivity contribution in [2.24, 2.45) is 5.92 Å². The number of carbonyl (C=O) groups is 1. The van der Waals surface area contributed by atoms with E-state index >= 15 is 0 Å². The van der Waals surface area contributed by atoms with Gasteiger partial charge in [0.15, 0.2) is 0 Å². The average Bonchev–Trinajstić information content (AvgIpc) is 2.71. The summed E-state index contributed by atoms with van der Waals surface area (Å²) >= 11 is 0. The molecule has 1 saturated carbocycles. The molecule has 2 fully saturated rings. The first-order chi connectivity index (χ1) is 15.0. The van der Waals surface area contributed by atoms with Crippen molar-refractivity contribution < 1.29 is 9.53 Å². The molecule has 1 aliphatic carbocycles. The van der Waals surface area contributed by atoms with Crippen molar-refractivity contribution in [3.63, 3.8) is 0 Å². The van der Waals surface area contributed by atoms with Gasteiger partial charge in [0.05, 0.1) is 12.3 Å². The van der Waals surface area contributed by atoms with Gasteiger partial charge in [-0.25, -0.2) is 9.97 Å².